The van der Waals surface area contributed by atoms with Crippen molar-refractivity contribution in [2.45, 2.75) is 96.8 Å². The number of phenolic OH excluding ortho intramolecular Hbond substituents is 1. The van der Waals surface area contributed by atoms with Gasteiger partial charge in [0, 0.05) is 16.5 Å². The Morgan fingerprint density at radius 2 is 1.18 bits per heavy atom. The summed E-state index contributed by atoms with van der Waals surface area (Å²) < 4.78 is 5.81. The van der Waals surface area contributed by atoms with Gasteiger partial charge >= 0.3 is 7.94 Å². The molecule has 2 aromatic rings. The van der Waals surface area contributed by atoms with E-state index in [1.807, 2.05) is 44.2 Å². The molecule has 0 atom stereocenters. The number of hydrogen-bond acceptors (Lipinski definition) is 4. The minimum Gasteiger partial charge on any atom is -0.508 e. The van der Waals surface area contributed by atoms with Crippen LogP contribution in [0.15, 0.2) is 48.5 Å². The lowest BCUT2D eigenvalue weighted by atomic mass is 9.77. The Morgan fingerprint density at radius 3 is 1.76 bits per heavy atom. The molecule has 184 valence electrons. The smallest absolute Gasteiger partial charge is 0.451 e. The summed E-state index contributed by atoms with van der Waals surface area (Å²) in [5.74, 6) is 0.680. The van der Waals surface area contributed by atoms with Crippen molar-refractivity contribution in [3.05, 3.63) is 59.7 Å². The summed E-state index contributed by atoms with van der Waals surface area (Å²) >= 11 is 0. The number of hydrogen-bond donors (Lipinski definition) is 3. The Bertz CT molecular complexity index is 819. The highest BCUT2D eigenvalue weighted by atomic mass is 31.2. The van der Waals surface area contributed by atoms with Crippen LogP contribution in [0.25, 0.3) is 0 Å². The number of phenols is 1. The van der Waals surface area contributed by atoms with E-state index in [4.69, 9.17) is 4.52 Å². The van der Waals surface area contributed by atoms with Crippen LogP contribution < -0.4 is 4.52 Å². The zero-order chi connectivity index (χ0) is 24.2. The van der Waals surface area contributed by atoms with E-state index < -0.39 is 13.4 Å². The maximum Gasteiger partial charge on any atom is 0.451 e. The first-order valence-corrected chi connectivity index (χ1v) is 14.5. The van der Waals surface area contributed by atoms with Gasteiger partial charge in [0.05, 0.1) is 0 Å². The minimum atomic E-state index is -3.50. The van der Waals surface area contributed by atoms with Crippen LogP contribution in [0.4, 0.5) is 0 Å². The standard InChI is InChI=1S/C28H43O4P/c1-4-5-6-7-8-9-10-11-12-13-18-23-33(30,31)32-27-22-17-15-20-25(27)28(2,3)24-19-14-16-21-26(24)29/h14-17,19-22,30-31H,4-13,18,23H2,1-3H3/p+1. The van der Waals surface area contributed by atoms with Crippen LogP contribution in [-0.2, 0) is 5.41 Å². The molecule has 0 aromatic heterocycles. The first-order valence-electron chi connectivity index (χ1n) is 12.7. The summed E-state index contributed by atoms with van der Waals surface area (Å²) in [7, 11) is -3.50. The van der Waals surface area contributed by atoms with Crippen molar-refractivity contribution < 1.29 is 19.4 Å². The van der Waals surface area contributed by atoms with Gasteiger partial charge in [-0.2, -0.15) is 9.79 Å². The highest BCUT2D eigenvalue weighted by Gasteiger charge is 2.39. The largest absolute Gasteiger partial charge is 0.508 e. The molecule has 0 saturated heterocycles. The number of unbranched alkanes of at least 4 members (excludes halogenated alkanes) is 10. The van der Waals surface area contributed by atoms with Crippen LogP contribution in [-0.4, -0.2) is 21.1 Å². The molecule has 0 saturated carbocycles. The predicted molar refractivity (Wildman–Crippen MR) is 140 cm³/mol. The molecule has 0 bridgehead atoms. The molecule has 0 fully saturated rings. The lowest BCUT2D eigenvalue weighted by Crippen LogP contribution is -2.20. The average Bonchev–Trinajstić information content (AvgIpc) is 2.77. The van der Waals surface area contributed by atoms with Gasteiger partial charge in [-0.05, 0) is 25.0 Å². The van der Waals surface area contributed by atoms with Crippen LogP contribution in [0.3, 0.4) is 0 Å². The fourth-order valence-corrected chi connectivity index (χ4v) is 5.60. The fraction of sp³-hybridized carbons (Fsp3) is 0.571. The molecule has 0 spiro atoms. The second kappa shape index (κ2) is 13.9. The summed E-state index contributed by atoms with van der Waals surface area (Å²) in [4.78, 5) is 21.2. The van der Waals surface area contributed by atoms with Gasteiger partial charge in [-0.15, -0.1) is 0 Å². The Labute approximate surface area is 201 Å². The van der Waals surface area contributed by atoms with E-state index in [2.05, 4.69) is 6.92 Å². The molecule has 2 rings (SSSR count). The van der Waals surface area contributed by atoms with E-state index in [1.54, 1.807) is 18.2 Å². The molecule has 2 aromatic carbocycles. The summed E-state index contributed by atoms with van der Waals surface area (Å²) in [6.07, 6.45) is 13.7. The number of aromatic hydroxyl groups is 1. The Balaban J connectivity index is 1.83. The fourth-order valence-electron chi connectivity index (χ4n) is 4.39. The van der Waals surface area contributed by atoms with Crippen molar-refractivity contribution in [1.82, 2.24) is 0 Å². The molecule has 0 radical (unpaired) electrons. The van der Waals surface area contributed by atoms with Crippen molar-refractivity contribution in [3.63, 3.8) is 0 Å². The van der Waals surface area contributed by atoms with E-state index in [9.17, 15) is 14.9 Å². The summed E-state index contributed by atoms with van der Waals surface area (Å²) in [5, 5.41) is 10.4. The third-order valence-electron chi connectivity index (χ3n) is 6.44. The van der Waals surface area contributed by atoms with Crippen LogP contribution in [0, 0.1) is 0 Å². The maximum absolute atomic E-state index is 10.6. The summed E-state index contributed by atoms with van der Waals surface area (Å²) in [6.45, 7) is 6.25. The molecule has 0 aliphatic rings. The van der Waals surface area contributed by atoms with Crippen molar-refractivity contribution in [1.29, 1.82) is 0 Å². The second-order valence-electron chi connectivity index (χ2n) is 9.65. The molecular weight excluding hydrogens is 431 g/mol. The minimum absolute atomic E-state index is 0.215. The van der Waals surface area contributed by atoms with Gasteiger partial charge in [-0.25, -0.2) is 0 Å². The van der Waals surface area contributed by atoms with Gasteiger partial charge in [0.2, 0.25) is 0 Å². The van der Waals surface area contributed by atoms with Crippen molar-refractivity contribution in [2.75, 3.05) is 6.16 Å². The van der Waals surface area contributed by atoms with E-state index in [0.29, 0.717) is 5.75 Å². The molecule has 4 nitrogen and oxygen atoms in total. The predicted octanol–water partition coefficient (Wildman–Crippen LogP) is 8.16. The van der Waals surface area contributed by atoms with E-state index >= 15 is 0 Å². The molecule has 0 aliphatic carbocycles. The topological polar surface area (TPSA) is 69.9 Å². The average molecular weight is 476 g/mol. The maximum atomic E-state index is 10.6. The Morgan fingerprint density at radius 1 is 0.697 bits per heavy atom. The molecule has 3 N–H and O–H groups in total. The number of para-hydroxylation sites is 2. The first-order chi connectivity index (χ1) is 15.8. The Hall–Kier alpha value is -1.61. The first kappa shape index (κ1) is 27.6. The zero-order valence-corrected chi connectivity index (χ0v) is 21.7. The summed E-state index contributed by atoms with van der Waals surface area (Å²) in [6, 6.07) is 14.7. The molecule has 33 heavy (non-hydrogen) atoms. The SMILES string of the molecule is CCCCCCCCCCCCC[P+](O)(O)Oc1ccccc1C(C)(C)c1ccccc1O. The third kappa shape index (κ3) is 9.27. The highest BCUT2D eigenvalue weighted by Crippen LogP contribution is 2.54. The van der Waals surface area contributed by atoms with Crippen LogP contribution in [0.1, 0.15) is 103 Å². The van der Waals surface area contributed by atoms with Gasteiger partial charge in [0.1, 0.15) is 11.9 Å². The summed E-state index contributed by atoms with van der Waals surface area (Å²) in [5.41, 5.74) is 1.03. The molecule has 5 heteroatoms. The lowest BCUT2D eigenvalue weighted by Gasteiger charge is -2.28. The van der Waals surface area contributed by atoms with Gasteiger partial charge in [-0.3, -0.25) is 4.52 Å². The van der Waals surface area contributed by atoms with Gasteiger partial charge in [-0.1, -0.05) is 115 Å². The van der Waals surface area contributed by atoms with Crippen molar-refractivity contribution in [3.8, 4) is 11.5 Å². The lowest BCUT2D eigenvalue weighted by molar-refractivity contribution is 0.333. The molecule has 0 heterocycles. The number of rotatable bonds is 16. The second-order valence-corrected chi connectivity index (χ2v) is 11.6. The quantitative estimate of drug-likeness (QED) is 0.169. The van der Waals surface area contributed by atoms with Gasteiger partial charge in [0.25, 0.3) is 0 Å². The van der Waals surface area contributed by atoms with Crippen LogP contribution in [0.5, 0.6) is 11.5 Å². The normalized spacial score (nSPS) is 12.2. The third-order valence-corrected chi connectivity index (χ3v) is 7.82. The van der Waals surface area contributed by atoms with E-state index in [0.717, 1.165) is 30.4 Å². The highest BCUT2D eigenvalue weighted by molar-refractivity contribution is 7.60. The van der Waals surface area contributed by atoms with Crippen LogP contribution in [0.2, 0.25) is 0 Å². The Kier molecular flexibility index (Phi) is 11.7. The monoisotopic (exact) mass is 475 g/mol. The molecule has 0 aliphatic heterocycles. The van der Waals surface area contributed by atoms with E-state index in [1.165, 1.54) is 51.4 Å². The van der Waals surface area contributed by atoms with Crippen molar-refractivity contribution >= 4 is 7.94 Å². The molecular formula is C28H44O4P+. The van der Waals surface area contributed by atoms with Crippen molar-refractivity contribution in [2.24, 2.45) is 0 Å². The van der Waals surface area contributed by atoms with E-state index in [-0.39, 0.29) is 11.9 Å². The van der Waals surface area contributed by atoms with Crippen LogP contribution >= 0.6 is 7.94 Å². The zero-order valence-electron chi connectivity index (χ0n) is 20.8. The number of benzene rings is 2. The molecule has 0 amide bonds. The van der Waals surface area contributed by atoms with Gasteiger partial charge in [0.15, 0.2) is 5.75 Å². The molecule has 0 unspecified atom stereocenters. The van der Waals surface area contributed by atoms with Gasteiger partial charge < -0.3 is 5.11 Å².